The lowest BCUT2D eigenvalue weighted by Crippen LogP contribution is -2.41. The molecule has 2 saturated carbocycles. The minimum Gasteiger partial charge on any atom is -0.377 e. The van der Waals surface area contributed by atoms with E-state index < -0.39 is 0 Å². The quantitative estimate of drug-likeness (QED) is 0.794. The van der Waals surface area contributed by atoms with Crippen molar-refractivity contribution in [1.29, 1.82) is 0 Å². The van der Waals surface area contributed by atoms with Gasteiger partial charge in [-0.1, -0.05) is 6.42 Å². The zero-order valence-corrected chi connectivity index (χ0v) is 10.5. The minimum atomic E-state index is 0.496. The average Bonchev–Trinajstić information content (AvgIpc) is 2.90. The number of nitrogens with one attached hydrogen (secondary N) is 1. The molecule has 5 unspecified atom stereocenters. The van der Waals surface area contributed by atoms with Gasteiger partial charge in [0.1, 0.15) is 0 Å². The lowest BCUT2D eigenvalue weighted by molar-refractivity contribution is -0.0000483. The van der Waals surface area contributed by atoms with Crippen molar-refractivity contribution < 1.29 is 4.74 Å². The van der Waals surface area contributed by atoms with Crippen LogP contribution in [0.15, 0.2) is 0 Å². The number of fused-ring (bicyclic) bond motifs is 2. The lowest BCUT2D eigenvalue weighted by Gasteiger charge is -2.30. The number of piperidine rings is 1. The first-order valence-electron chi connectivity index (χ1n) is 7.16. The Morgan fingerprint density at radius 3 is 2.69 bits per heavy atom. The van der Waals surface area contributed by atoms with Crippen molar-refractivity contribution in [3.8, 4) is 0 Å². The zero-order valence-electron chi connectivity index (χ0n) is 10.5. The zero-order chi connectivity index (χ0) is 11.0. The van der Waals surface area contributed by atoms with E-state index in [0.29, 0.717) is 12.1 Å². The van der Waals surface area contributed by atoms with Crippen LogP contribution in [0.2, 0.25) is 0 Å². The molecule has 5 atom stereocenters. The van der Waals surface area contributed by atoms with E-state index in [1.54, 1.807) is 0 Å². The molecule has 0 spiro atoms. The molecular formula is C14H25NO. The summed E-state index contributed by atoms with van der Waals surface area (Å²) in [5, 5.41) is 3.52. The Hall–Kier alpha value is -0.0800. The molecule has 2 bridgehead atoms. The highest BCUT2D eigenvalue weighted by Gasteiger charge is 2.39. The summed E-state index contributed by atoms with van der Waals surface area (Å²) in [6, 6.07) is 0.697. The fraction of sp³-hybridized carbons (Fsp3) is 1.00. The van der Waals surface area contributed by atoms with E-state index in [1.807, 2.05) is 0 Å². The maximum Gasteiger partial charge on any atom is 0.0700 e. The SMILES string of the molecule is CC1CCC(OCC2CC3CCC2C3)CN1. The predicted molar refractivity (Wildman–Crippen MR) is 65.4 cm³/mol. The minimum absolute atomic E-state index is 0.496. The van der Waals surface area contributed by atoms with Gasteiger partial charge in [0.2, 0.25) is 0 Å². The Kier molecular flexibility index (Phi) is 3.21. The van der Waals surface area contributed by atoms with Crippen LogP contribution >= 0.6 is 0 Å². The third-order valence-corrected chi connectivity index (χ3v) is 5.05. The molecule has 1 aliphatic heterocycles. The molecule has 3 rings (SSSR count). The van der Waals surface area contributed by atoms with Gasteiger partial charge in [-0.2, -0.15) is 0 Å². The summed E-state index contributed by atoms with van der Waals surface area (Å²) in [5.41, 5.74) is 0. The number of hydrogen-bond donors (Lipinski definition) is 1. The van der Waals surface area contributed by atoms with Crippen molar-refractivity contribution in [3.05, 3.63) is 0 Å². The monoisotopic (exact) mass is 223 g/mol. The van der Waals surface area contributed by atoms with E-state index in [0.717, 1.165) is 30.9 Å². The van der Waals surface area contributed by atoms with Gasteiger partial charge in [-0.15, -0.1) is 0 Å². The van der Waals surface area contributed by atoms with Crippen LogP contribution in [-0.4, -0.2) is 25.3 Å². The summed E-state index contributed by atoms with van der Waals surface area (Å²) < 4.78 is 6.11. The van der Waals surface area contributed by atoms with Crippen LogP contribution in [0.5, 0.6) is 0 Å². The van der Waals surface area contributed by atoms with Crippen molar-refractivity contribution >= 4 is 0 Å². The average molecular weight is 223 g/mol. The molecule has 0 aromatic rings. The van der Waals surface area contributed by atoms with E-state index in [2.05, 4.69) is 12.2 Å². The van der Waals surface area contributed by atoms with E-state index in [9.17, 15) is 0 Å². The topological polar surface area (TPSA) is 21.3 Å². The normalized spacial score (nSPS) is 47.4. The lowest BCUT2D eigenvalue weighted by atomic mass is 9.89. The van der Waals surface area contributed by atoms with Gasteiger partial charge in [0.05, 0.1) is 12.7 Å². The van der Waals surface area contributed by atoms with Crippen molar-refractivity contribution in [2.24, 2.45) is 17.8 Å². The molecule has 16 heavy (non-hydrogen) atoms. The van der Waals surface area contributed by atoms with Gasteiger partial charge in [0.15, 0.2) is 0 Å². The summed E-state index contributed by atoms with van der Waals surface area (Å²) in [4.78, 5) is 0. The first-order valence-corrected chi connectivity index (χ1v) is 7.16. The van der Waals surface area contributed by atoms with Gasteiger partial charge in [-0.3, -0.25) is 0 Å². The maximum absolute atomic E-state index is 6.11. The molecule has 3 aliphatic rings. The molecule has 2 heteroatoms. The second-order valence-electron chi connectivity index (χ2n) is 6.28. The highest BCUT2D eigenvalue weighted by Crippen LogP contribution is 2.48. The number of hydrogen-bond acceptors (Lipinski definition) is 2. The third kappa shape index (κ3) is 2.28. The van der Waals surface area contributed by atoms with Gasteiger partial charge < -0.3 is 10.1 Å². The van der Waals surface area contributed by atoms with Gasteiger partial charge in [0, 0.05) is 12.6 Å². The fourth-order valence-corrected chi connectivity index (χ4v) is 3.96. The summed E-state index contributed by atoms with van der Waals surface area (Å²) in [7, 11) is 0. The second kappa shape index (κ2) is 4.66. The largest absolute Gasteiger partial charge is 0.377 e. The molecular weight excluding hydrogens is 198 g/mol. The summed E-state index contributed by atoms with van der Waals surface area (Å²) in [5.74, 6) is 2.97. The molecule has 2 aliphatic carbocycles. The van der Waals surface area contributed by atoms with Gasteiger partial charge in [0.25, 0.3) is 0 Å². The third-order valence-electron chi connectivity index (χ3n) is 5.05. The van der Waals surface area contributed by atoms with Crippen LogP contribution in [0.1, 0.15) is 45.4 Å². The molecule has 3 fully saturated rings. The molecule has 0 radical (unpaired) electrons. The van der Waals surface area contributed by atoms with Crippen LogP contribution < -0.4 is 5.32 Å². The molecule has 1 saturated heterocycles. The second-order valence-corrected chi connectivity index (χ2v) is 6.28. The predicted octanol–water partition coefficient (Wildman–Crippen LogP) is 2.58. The van der Waals surface area contributed by atoms with Crippen LogP contribution in [0.3, 0.4) is 0 Å². The summed E-state index contributed by atoms with van der Waals surface area (Å²) in [6.07, 6.45) is 8.99. The van der Waals surface area contributed by atoms with Crippen molar-refractivity contribution in [3.63, 3.8) is 0 Å². The van der Waals surface area contributed by atoms with Crippen LogP contribution in [0.25, 0.3) is 0 Å². The van der Waals surface area contributed by atoms with Crippen LogP contribution in [0.4, 0.5) is 0 Å². The number of ether oxygens (including phenoxy) is 1. The van der Waals surface area contributed by atoms with Crippen molar-refractivity contribution in [2.45, 2.75) is 57.6 Å². The Bertz CT molecular complexity index is 235. The summed E-state index contributed by atoms with van der Waals surface area (Å²) in [6.45, 7) is 4.38. The maximum atomic E-state index is 6.11. The molecule has 92 valence electrons. The Balaban J connectivity index is 1.40. The molecule has 0 aromatic carbocycles. The standard InChI is InChI=1S/C14H25NO/c1-10-2-5-14(8-15-10)16-9-13-7-11-3-4-12(13)6-11/h10-15H,2-9H2,1H3. The molecule has 1 N–H and O–H groups in total. The molecule has 1 heterocycles. The van der Waals surface area contributed by atoms with Gasteiger partial charge in [-0.05, 0) is 56.8 Å². The van der Waals surface area contributed by atoms with Crippen LogP contribution in [-0.2, 0) is 4.74 Å². The summed E-state index contributed by atoms with van der Waals surface area (Å²) >= 11 is 0. The highest BCUT2D eigenvalue weighted by molar-refractivity contribution is 4.90. The molecule has 0 amide bonds. The van der Waals surface area contributed by atoms with E-state index in [-0.39, 0.29) is 0 Å². The van der Waals surface area contributed by atoms with E-state index in [1.165, 1.54) is 38.5 Å². The van der Waals surface area contributed by atoms with Gasteiger partial charge >= 0.3 is 0 Å². The first kappa shape index (κ1) is 11.0. The van der Waals surface area contributed by atoms with Crippen molar-refractivity contribution in [1.82, 2.24) is 5.32 Å². The van der Waals surface area contributed by atoms with E-state index in [4.69, 9.17) is 4.74 Å². The van der Waals surface area contributed by atoms with Crippen LogP contribution in [0, 0.1) is 17.8 Å². The molecule has 2 nitrogen and oxygen atoms in total. The Morgan fingerprint density at radius 1 is 1.12 bits per heavy atom. The van der Waals surface area contributed by atoms with Gasteiger partial charge in [-0.25, -0.2) is 0 Å². The first-order chi connectivity index (χ1) is 7.81. The Labute approximate surface area is 99.1 Å². The number of rotatable bonds is 3. The van der Waals surface area contributed by atoms with Crippen molar-refractivity contribution in [2.75, 3.05) is 13.2 Å². The highest BCUT2D eigenvalue weighted by atomic mass is 16.5. The fourth-order valence-electron chi connectivity index (χ4n) is 3.96. The van der Waals surface area contributed by atoms with E-state index >= 15 is 0 Å². The smallest absolute Gasteiger partial charge is 0.0700 e. The molecule has 0 aromatic heterocycles. The Morgan fingerprint density at radius 2 is 2.06 bits per heavy atom.